The second kappa shape index (κ2) is 8.79. The van der Waals surface area contributed by atoms with Crippen LogP contribution in [0.15, 0.2) is 29.3 Å². The first kappa shape index (κ1) is 16.8. The summed E-state index contributed by atoms with van der Waals surface area (Å²) < 4.78 is 5.67. The van der Waals surface area contributed by atoms with E-state index in [0.717, 1.165) is 31.4 Å². The molecule has 0 saturated heterocycles. The van der Waals surface area contributed by atoms with Crippen molar-refractivity contribution in [1.82, 2.24) is 10.6 Å². The minimum atomic E-state index is 0.584. The van der Waals surface area contributed by atoms with Crippen LogP contribution in [-0.2, 0) is 17.9 Å². The topological polar surface area (TPSA) is 45.6 Å². The summed E-state index contributed by atoms with van der Waals surface area (Å²) >= 11 is 0. The van der Waals surface area contributed by atoms with Crippen LogP contribution in [0.25, 0.3) is 0 Å². The summed E-state index contributed by atoms with van der Waals surface area (Å²) in [5.41, 5.74) is 2.47. The van der Waals surface area contributed by atoms with E-state index in [9.17, 15) is 0 Å². The molecule has 122 valence electrons. The van der Waals surface area contributed by atoms with Crippen LogP contribution in [0.2, 0.25) is 0 Å². The second-order valence-corrected chi connectivity index (χ2v) is 5.98. The van der Waals surface area contributed by atoms with Gasteiger partial charge in [-0.15, -0.1) is 0 Å². The largest absolute Gasteiger partial charge is 0.377 e. The van der Waals surface area contributed by atoms with E-state index < -0.39 is 0 Å². The summed E-state index contributed by atoms with van der Waals surface area (Å²) in [6.07, 6.45) is 2.29. The molecule has 1 fully saturated rings. The van der Waals surface area contributed by atoms with Gasteiger partial charge in [-0.05, 0) is 36.8 Å². The Bertz CT molecular complexity index is 487. The molecule has 1 saturated carbocycles. The van der Waals surface area contributed by atoms with Gasteiger partial charge in [0.05, 0.1) is 13.2 Å². The molecule has 0 heterocycles. The number of benzene rings is 1. The summed E-state index contributed by atoms with van der Waals surface area (Å²) in [7, 11) is 0. The lowest BCUT2D eigenvalue weighted by Gasteiger charge is -2.12. The fourth-order valence-electron chi connectivity index (χ4n) is 2.36. The van der Waals surface area contributed by atoms with Crippen molar-refractivity contribution in [1.29, 1.82) is 0 Å². The van der Waals surface area contributed by atoms with Crippen molar-refractivity contribution in [3.05, 3.63) is 35.4 Å². The van der Waals surface area contributed by atoms with Crippen molar-refractivity contribution in [2.24, 2.45) is 10.9 Å². The molecule has 2 N–H and O–H groups in total. The molecule has 0 spiro atoms. The molecular weight excluding hydrogens is 274 g/mol. The molecule has 0 bridgehead atoms. The van der Waals surface area contributed by atoms with Crippen molar-refractivity contribution in [3.63, 3.8) is 0 Å². The summed E-state index contributed by atoms with van der Waals surface area (Å²) in [5, 5.41) is 6.82. The smallest absolute Gasteiger partial charge is 0.191 e. The molecule has 0 aromatic heterocycles. The Balaban J connectivity index is 1.96. The van der Waals surface area contributed by atoms with Gasteiger partial charge in [0, 0.05) is 19.2 Å². The lowest BCUT2D eigenvalue weighted by atomic mass is 10.1. The highest BCUT2D eigenvalue weighted by molar-refractivity contribution is 5.80. The predicted octanol–water partition coefficient (Wildman–Crippen LogP) is 3.08. The molecule has 4 heteroatoms. The van der Waals surface area contributed by atoms with Gasteiger partial charge in [-0.1, -0.05) is 38.1 Å². The lowest BCUT2D eigenvalue weighted by molar-refractivity contribution is 0.121. The summed E-state index contributed by atoms with van der Waals surface area (Å²) in [6.45, 7) is 9.53. The van der Waals surface area contributed by atoms with Gasteiger partial charge in [0.2, 0.25) is 0 Å². The van der Waals surface area contributed by atoms with E-state index in [4.69, 9.17) is 9.73 Å². The van der Waals surface area contributed by atoms with Gasteiger partial charge < -0.3 is 15.4 Å². The van der Waals surface area contributed by atoms with Crippen LogP contribution < -0.4 is 10.6 Å². The molecule has 1 aromatic carbocycles. The van der Waals surface area contributed by atoms with Crippen molar-refractivity contribution in [3.8, 4) is 0 Å². The number of rotatable bonds is 8. The van der Waals surface area contributed by atoms with E-state index in [0.29, 0.717) is 19.2 Å². The number of nitrogens with one attached hydrogen (secondary N) is 2. The number of guanidine groups is 1. The molecule has 1 aromatic rings. The van der Waals surface area contributed by atoms with Crippen LogP contribution in [-0.4, -0.2) is 25.2 Å². The average Bonchev–Trinajstić information content (AvgIpc) is 3.21. The number of hydrogen-bond acceptors (Lipinski definition) is 2. The zero-order valence-electron chi connectivity index (χ0n) is 14.1. The highest BCUT2D eigenvalue weighted by Crippen LogP contribution is 2.28. The third-order valence-corrected chi connectivity index (χ3v) is 3.91. The van der Waals surface area contributed by atoms with E-state index in [-0.39, 0.29) is 0 Å². The maximum Gasteiger partial charge on any atom is 0.191 e. The Hall–Kier alpha value is -1.55. The molecule has 1 aliphatic carbocycles. The summed E-state index contributed by atoms with van der Waals surface area (Å²) in [5.74, 6) is 1.68. The van der Waals surface area contributed by atoms with E-state index in [1.54, 1.807) is 0 Å². The number of aliphatic imine (C=N–C) groups is 1. The number of hydrogen-bond donors (Lipinski definition) is 2. The maximum atomic E-state index is 5.67. The predicted molar refractivity (Wildman–Crippen MR) is 91.9 cm³/mol. The summed E-state index contributed by atoms with van der Waals surface area (Å²) in [6, 6.07) is 8.98. The highest BCUT2D eigenvalue weighted by Gasteiger charge is 2.33. The van der Waals surface area contributed by atoms with E-state index in [1.165, 1.54) is 17.5 Å². The molecular formula is C18H29N3O. The Morgan fingerprint density at radius 2 is 2.00 bits per heavy atom. The van der Waals surface area contributed by atoms with Crippen LogP contribution in [0.5, 0.6) is 0 Å². The first-order valence-corrected chi connectivity index (χ1v) is 8.44. The monoisotopic (exact) mass is 303 g/mol. The zero-order chi connectivity index (χ0) is 15.8. The van der Waals surface area contributed by atoms with Gasteiger partial charge >= 0.3 is 0 Å². The van der Waals surface area contributed by atoms with Gasteiger partial charge in [0.25, 0.3) is 0 Å². The molecule has 2 unspecified atom stereocenters. The zero-order valence-corrected chi connectivity index (χ0v) is 14.1. The van der Waals surface area contributed by atoms with Gasteiger partial charge in [-0.25, -0.2) is 4.99 Å². The van der Waals surface area contributed by atoms with Gasteiger partial charge in [-0.3, -0.25) is 0 Å². The van der Waals surface area contributed by atoms with Crippen molar-refractivity contribution in [2.75, 3.05) is 13.2 Å². The van der Waals surface area contributed by atoms with Crippen molar-refractivity contribution >= 4 is 5.96 Å². The maximum absolute atomic E-state index is 5.67. The average molecular weight is 303 g/mol. The Kier molecular flexibility index (Phi) is 6.72. The number of ether oxygens (including phenoxy) is 1. The molecule has 0 aliphatic heterocycles. The Labute approximate surface area is 134 Å². The second-order valence-electron chi connectivity index (χ2n) is 5.98. The third kappa shape index (κ3) is 5.34. The molecule has 1 aliphatic rings. The van der Waals surface area contributed by atoms with E-state index in [1.807, 2.05) is 0 Å². The van der Waals surface area contributed by atoms with Gasteiger partial charge in [-0.2, -0.15) is 0 Å². The quantitative estimate of drug-likeness (QED) is 0.441. The van der Waals surface area contributed by atoms with Crippen molar-refractivity contribution < 1.29 is 4.74 Å². The minimum Gasteiger partial charge on any atom is -0.377 e. The molecule has 4 nitrogen and oxygen atoms in total. The van der Waals surface area contributed by atoms with Crippen LogP contribution >= 0.6 is 0 Å². The normalized spacial score (nSPS) is 20.8. The fourth-order valence-corrected chi connectivity index (χ4v) is 2.36. The molecule has 0 radical (unpaired) electrons. The van der Waals surface area contributed by atoms with Crippen LogP contribution in [0, 0.1) is 5.92 Å². The number of nitrogens with zero attached hydrogens (tertiary/aromatic N) is 1. The Morgan fingerprint density at radius 1 is 1.27 bits per heavy atom. The summed E-state index contributed by atoms with van der Waals surface area (Å²) in [4.78, 5) is 4.73. The standard InChI is InChI=1S/C18H29N3O/c1-4-10-22-13-16-9-7-6-8-15(16)12-20-18(19-5-2)21-17-11-14(17)3/h6-9,14,17H,4-5,10-13H2,1-3H3,(H2,19,20,21). The lowest BCUT2D eigenvalue weighted by Crippen LogP contribution is -2.39. The first-order valence-electron chi connectivity index (χ1n) is 8.44. The third-order valence-electron chi connectivity index (χ3n) is 3.91. The molecule has 2 atom stereocenters. The van der Waals surface area contributed by atoms with Gasteiger partial charge in [0.1, 0.15) is 0 Å². The Morgan fingerprint density at radius 3 is 2.64 bits per heavy atom. The molecule has 2 rings (SSSR count). The highest BCUT2D eigenvalue weighted by atomic mass is 16.5. The van der Waals surface area contributed by atoms with Crippen LogP contribution in [0.1, 0.15) is 44.7 Å². The molecule has 22 heavy (non-hydrogen) atoms. The van der Waals surface area contributed by atoms with E-state index in [2.05, 4.69) is 55.7 Å². The molecule has 0 amide bonds. The SMILES string of the molecule is CCCOCc1ccccc1CN=C(NCC)NC1CC1C. The van der Waals surface area contributed by atoms with Crippen molar-refractivity contribution in [2.45, 2.75) is 52.8 Å². The van der Waals surface area contributed by atoms with Crippen LogP contribution in [0.3, 0.4) is 0 Å². The minimum absolute atomic E-state index is 0.584. The first-order chi connectivity index (χ1) is 10.7. The van der Waals surface area contributed by atoms with E-state index >= 15 is 0 Å². The fraction of sp³-hybridized carbons (Fsp3) is 0.611. The van der Waals surface area contributed by atoms with Gasteiger partial charge in [0.15, 0.2) is 5.96 Å². The van der Waals surface area contributed by atoms with Crippen LogP contribution in [0.4, 0.5) is 0 Å².